The summed E-state index contributed by atoms with van der Waals surface area (Å²) >= 11 is 0. The molecule has 0 spiro atoms. The molecule has 0 atom stereocenters. The summed E-state index contributed by atoms with van der Waals surface area (Å²) in [5, 5.41) is 12.4. The zero-order valence-electron chi connectivity index (χ0n) is 20.0. The zero-order chi connectivity index (χ0) is 24.0. The number of hydrogen-bond donors (Lipinski definition) is 1. The summed E-state index contributed by atoms with van der Waals surface area (Å²) in [4.78, 5) is 13.5. The number of amides is 1. The second kappa shape index (κ2) is 8.37. The number of rotatable bonds is 6. The van der Waals surface area contributed by atoms with Gasteiger partial charge in [0.05, 0.1) is 42.7 Å². The number of fused-ring (bicyclic) bond motifs is 3. The van der Waals surface area contributed by atoms with E-state index in [0.717, 1.165) is 51.7 Å². The molecule has 0 fully saturated rings. The van der Waals surface area contributed by atoms with E-state index < -0.39 is 0 Å². The number of benzene rings is 2. The van der Waals surface area contributed by atoms with Gasteiger partial charge in [-0.3, -0.25) is 9.48 Å². The van der Waals surface area contributed by atoms with Crippen LogP contribution in [0.2, 0.25) is 0 Å². The van der Waals surface area contributed by atoms with Crippen molar-refractivity contribution in [3.05, 3.63) is 70.7 Å². The maximum absolute atomic E-state index is 13.5. The first kappa shape index (κ1) is 21.8. The van der Waals surface area contributed by atoms with Gasteiger partial charge in [0.2, 0.25) is 0 Å². The predicted octanol–water partition coefficient (Wildman–Crippen LogP) is 4.55. The lowest BCUT2D eigenvalue weighted by atomic mass is 10.1. The van der Waals surface area contributed by atoms with E-state index in [-0.39, 0.29) is 5.91 Å². The Balaban J connectivity index is 1.64. The van der Waals surface area contributed by atoms with E-state index in [4.69, 9.17) is 14.6 Å². The average molecular weight is 458 g/mol. The largest absolute Gasteiger partial charge is 0.493 e. The van der Waals surface area contributed by atoms with Crippen molar-refractivity contribution in [1.82, 2.24) is 19.6 Å². The van der Waals surface area contributed by atoms with E-state index in [0.29, 0.717) is 23.6 Å². The molecule has 1 aliphatic rings. The molecule has 2 heterocycles. The summed E-state index contributed by atoms with van der Waals surface area (Å²) < 4.78 is 14.8. The van der Waals surface area contributed by atoms with Gasteiger partial charge in [-0.25, -0.2) is 4.68 Å². The van der Waals surface area contributed by atoms with Gasteiger partial charge in [-0.15, -0.1) is 0 Å². The lowest BCUT2D eigenvalue weighted by molar-refractivity contribution is 0.102. The fraction of sp³-hybridized carbons (Fsp3) is 0.269. The number of carbonyl (C=O) groups is 1. The summed E-state index contributed by atoms with van der Waals surface area (Å²) in [7, 11) is 3.24. The van der Waals surface area contributed by atoms with Crippen molar-refractivity contribution in [2.75, 3.05) is 19.5 Å². The molecular weight excluding hydrogens is 430 g/mol. The van der Waals surface area contributed by atoms with Crippen LogP contribution in [0.1, 0.15) is 39.9 Å². The van der Waals surface area contributed by atoms with Crippen molar-refractivity contribution >= 4 is 11.6 Å². The number of methoxy groups -OCH3 is 2. The Morgan fingerprint density at radius 2 is 1.76 bits per heavy atom. The molecule has 4 aromatic rings. The topological polar surface area (TPSA) is 83.2 Å². The maximum Gasteiger partial charge on any atom is 0.276 e. The lowest BCUT2D eigenvalue weighted by Crippen LogP contribution is -2.16. The van der Waals surface area contributed by atoms with Gasteiger partial charge in [-0.05, 0) is 50.6 Å². The van der Waals surface area contributed by atoms with E-state index in [1.54, 1.807) is 14.2 Å². The number of hydrogen-bond acceptors (Lipinski definition) is 5. The van der Waals surface area contributed by atoms with Crippen LogP contribution in [0.4, 0.5) is 5.69 Å². The van der Waals surface area contributed by atoms with Gasteiger partial charge in [0.15, 0.2) is 17.2 Å². The molecule has 1 N–H and O–H groups in total. The first-order chi connectivity index (χ1) is 16.5. The van der Waals surface area contributed by atoms with Gasteiger partial charge in [-0.2, -0.15) is 10.2 Å². The number of nitrogens with zero attached hydrogens (tertiary/aromatic N) is 4. The third-order valence-electron chi connectivity index (χ3n) is 6.35. The van der Waals surface area contributed by atoms with Gasteiger partial charge in [-0.1, -0.05) is 18.2 Å². The third-order valence-corrected chi connectivity index (χ3v) is 6.35. The highest BCUT2D eigenvalue weighted by atomic mass is 16.5. The fourth-order valence-electron chi connectivity index (χ4n) is 4.67. The highest BCUT2D eigenvalue weighted by Crippen LogP contribution is 2.45. The molecule has 2 aromatic heterocycles. The van der Waals surface area contributed by atoms with Crippen molar-refractivity contribution in [3.8, 4) is 28.4 Å². The van der Waals surface area contributed by atoms with Gasteiger partial charge >= 0.3 is 0 Å². The quantitative estimate of drug-likeness (QED) is 0.405. The minimum atomic E-state index is -0.250. The van der Waals surface area contributed by atoms with E-state index in [9.17, 15) is 4.79 Å². The monoisotopic (exact) mass is 457 g/mol. The molecule has 0 radical (unpaired) electrons. The Morgan fingerprint density at radius 3 is 2.41 bits per heavy atom. The Kier molecular flexibility index (Phi) is 5.36. The fourth-order valence-corrected chi connectivity index (χ4v) is 4.67. The summed E-state index contributed by atoms with van der Waals surface area (Å²) in [5.74, 6) is 1.05. The van der Waals surface area contributed by atoms with E-state index in [1.807, 2.05) is 72.6 Å². The normalized spacial score (nSPS) is 11.8. The Hall–Kier alpha value is -4.07. The van der Waals surface area contributed by atoms with Crippen molar-refractivity contribution in [2.45, 2.75) is 33.7 Å². The molecule has 34 heavy (non-hydrogen) atoms. The molecule has 0 saturated heterocycles. The molecule has 8 nitrogen and oxygen atoms in total. The van der Waals surface area contributed by atoms with Crippen LogP contribution >= 0.6 is 0 Å². The minimum Gasteiger partial charge on any atom is -0.493 e. The maximum atomic E-state index is 13.5. The van der Waals surface area contributed by atoms with Gasteiger partial charge in [0, 0.05) is 24.1 Å². The van der Waals surface area contributed by atoms with Crippen LogP contribution in [0.3, 0.4) is 0 Å². The van der Waals surface area contributed by atoms with Crippen molar-refractivity contribution < 1.29 is 14.3 Å². The number of anilines is 1. The van der Waals surface area contributed by atoms with Crippen LogP contribution in [0.5, 0.6) is 11.5 Å². The number of aryl methyl sites for hydroxylation is 2. The molecule has 1 amide bonds. The second-order valence-corrected chi connectivity index (χ2v) is 8.28. The van der Waals surface area contributed by atoms with Crippen LogP contribution in [0.15, 0.2) is 42.5 Å². The summed E-state index contributed by atoms with van der Waals surface area (Å²) in [6, 6.07) is 13.8. The molecule has 8 heteroatoms. The zero-order valence-corrected chi connectivity index (χ0v) is 20.0. The first-order valence-electron chi connectivity index (χ1n) is 11.2. The molecule has 2 aromatic carbocycles. The van der Waals surface area contributed by atoms with Crippen molar-refractivity contribution in [1.29, 1.82) is 0 Å². The van der Waals surface area contributed by atoms with Crippen LogP contribution < -0.4 is 14.8 Å². The Labute approximate surface area is 198 Å². The van der Waals surface area contributed by atoms with E-state index in [1.165, 1.54) is 0 Å². The van der Waals surface area contributed by atoms with Gasteiger partial charge in [0.25, 0.3) is 5.91 Å². The van der Waals surface area contributed by atoms with E-state index >= 15 is 0 Å². The lowest BCUT2D eigenvalue weighted by Gasteiger charge is -2.12. The number of carbonyl (C=O) groups excluding carboxylic acids is 1. The van der Waals surface area contributed by atoms with Crippen LogP contribution in [-0.2, 0) is 13.0 Å². The SMILES string of the molecule is CCn1nc(C)c(NC(=O)c2nn(-c3ccccc3)c3c2Cc2cc(OC)c(OC)cc2-3)c1C. The van der Waals surface area contributed by atoms with Gasteiger partial charge < -0.3 is 14.8 Å². The molecule has 0 saturated carbocycles. The Bertz CT molecular complexity index is 1400. The Morgan fingerprint density at radius 1 is 1.06 bits per heavy atom. The number of aromatic nitrogens is 4. The molecular formula is C26H27N5O3. The standard InChI is InChI=1S/C26H27N5O3/c1-6-30-16(3)23(15(2)28-30)27-26(32)24-20-12-17-13-21(33-4)22(34-5)14-19(17)25(20)31(29-24)18-10-8-7-9-11-18/h7-11,13-14H,6,12H2,1-5H3,(H,27,32). The average Bonchev–Trinajstić information content (AvgIpc) is 3.49. The van der Waals surface area contributed by atoms with Gasteiger partial charge in [0.1, 0.15) is 0 Å². The molecule has 0 unspecified atom stereocenters. The summed E-state index contributed by atoms with van der Waals surface area (Å²) in [6.07, 6.45) is 0.576. The van der Waals surface area contributed by atoms with Crippen LogP contribution in [-0.4, -0.2) is 39.7 Å². The van der Waals surface area contributed by atoms with Crippen LogP contribution in [0, 0.1) is 13.8 Å². The smallest absolute Gasteiger partial charge is 0.276 e. The third kappa shape index (κ3) is 3.34. The molecule has 0 bridgehead atoms. The summed E-state index contributed by atoms with van der Waals surface area (Å²) in [6.45, 7) is 6.62. The summed E-state index contributed by atoms with van der Waals surface area (Å²) in [5.41, 5.74) is 7.53. The van der Waals surface area contributed by atoms with E-state index in [2.05, 4.69) is 10.4 Å². The molecule has 174 valence electrons. The number of ether oxygens (including phenoxy) is 2. The first-order valence-corrected chi connectivity index (χ1v) is 11.2. The van der Waals surface area contributed by atoms with Crippen molar-refractivity contribution in [3.63, 3.8) is 0 Å². The molecule has 1 aliphatic carbocycles. The highest BCUT2D eigenvalue weighted by Gasteiger charge is 2.33. The van der Waals surface area contributed by atoms with Crippen LogP contribution in [0.25, 0.3) is 16.9 Å². The predicted molar refractivity (Wildman–Crippen MR) is 130 cm³/mol. The second-order valence-electron chi connectivity index (χ2n) is 8.28. The highest BCUT2D eigenvalue weighted by molar-refractivity contribution is 6.06. The molecule has 0 aliphatic heterocycles. The van der Waals surface area contributed by atoms with Crippen molar-refractivity contribution in [2.24, 2.45) is 0 Å². The minimum absolute atomic E-state index is 0.250. The number of nitrogens with one attached hydrogen (secondary N) is 1. The molecule has 5 rings (SSSR count). The number of para-hydroxylation sites is 1.